The molecule has 0 spiro atoms. The monoisotopic (exact) mass is 190 g/mol. The summed E-state index contributed by atoms with van der Waals surface area (Å²) in [6, 6.07) is 4.26. The topological polar surface area (TPSA) is 54.1 Å². The molecule has 0 aromatic carbocycles. The molecule has 4 nitrogen and oxygen atoms in total. The van der Waals surface area contributed by atoms with Crippen molar-refractivity contribution in [2.24, 2.45) is 0 Å². The lowest BCUT2D eigenvalue weighted by Crippen LogP contribution is -2.36. The highest BCUT2D eigenvalue weighted by molar-refractivity contribution is 5.26. The Morgan fingerprint density at radius 1 is 1.50 bits per heavy atom. The average Bonchev–Trinajstić information content (AvgIpc) is 2.51. The van der Waals surface area contributed by atoms with Crippen molar-refractivity contribution in [1.29, 1.82) is 10.5 Å². The summed E-state index contributed by atoms with van der Waals surface area (Å²) in [5, 5.41) is 17.7. The van der Waals surface area contributed by atoms with Crippen LogP contribution >= 0.6 is 0 Å². The molecule has 74 valence electrons. The molecule has 0 N–H and O–H groups in total. The number of unbranched alkanes of at least 4 members (excludes halogenated alkanes) is 1. The molecule has 14 heavy (non-hydrogen) atoms. The molecule has 0 fully saturated rings. The predicted molar refractivity (Wildman–Crippen MR) is 52.5 cm³/mol. The number of rotatable bonds is 3. The molecule has 1 aliphatic heterocycles. The molecule has 1 aliphatic rings. The Kier molecular flexibility index (Phi) is 3.36. The molecule has 0 bridgehead atoms. The minimum atomic E-state index is -0.309. The Bertz CT molecular complexity index is 307. The van der Waals surface area contributed by atoms with Gasteiger partial charge in [0.2, 0.25) is 0 Å². The van der Waals surface area contributed by atoms with Gasteiger partial charge in [-0.15, -0.1) is 0 Å². The zero-order chi connectivity index (χ0) is 10.6. The van der Waals surface area contributed by atoms with Gasteiger partial charge in [-0.2, -0.15) is 10.5 Å². The summed E-state index contributed by atoms with van der Waals surface area (Å²) in [5.41, 5.74) is 0.563. The lowest BCUT2D eigenvalue weighted by molar-refractivity contribution is 0.223. The maximum atomic E-state index is 8.94. The van der Waals surface area contributed by atoms with Crippen LogP contribution in [0, 0.1) is 22.7 Å². The largest absolute Gasteiger partial charge is 0.343 e. The first-order chi connectivity index (χ1) is 6.74. The molecule has 0 aliphatic carbocycles. The van der Waals surface area contributed by atoms with Gasteiger partial charge in [-0.3, -0.25) is 0 Å². The van der Waals surface area contributed by atoms with Crippen LogP contribution in [-0.2, 0) is 0 Å². The van der Waals surface area contributed by atoms with Crippen molar-refractivity contribution in [1.82, 2.24) is 9.80 Å². The van der Waals surface area contributed by atoms with Crippen LogP contribution < -0.4 is 0 Å². The summed E-state index contributed by atoms with van der Waals surface area (Å²) < 4.78 is 0. The lowest BCUT2D eigenvalue weighted by Gasteiger charge is -2.24. The van der Waals surface area contributed by atoms with Gasteiger partial charge in [-0.25, -0.2) is 0 Å². The van der Waals surface area contributed by atoms with Crippen LogP contribution in [0.4, 0.5) is 0 Å². The molecule has 0 radical (unpaired) electrons. The second-order valence-corrected chi connectivity index (χ2v) is 3.33. The van der Waals surface area contributed by atoms with Gasteiger partial charge < -0.3 is 9.80 Å². The summed E-state index contributed by atoms with van der Waals surface area (Å²) in [4.78, 5) is 3.62. The lowest BCUT2D eigenvalue weighted by atomic mass is 10.3. The van der Waals surface area contributed by atoms with Crippen LogP contribution in [0.2, 0.25) is 0 Å². The molecular formula is C10H14N4. The molecule has 1 heterocycles. The van der Waals surface area contributed by atoms with Gasteiger partial charge in [-0.1, -0.05) is 13.3 Å². The van der Waals surface area contributed by atoms with E-state index in [1.165, 1.54) is 0 Å². The van der Waals surface area contributed by atoms with Crippen molar-refractivity contribution in [2.45, 2.75) is 25.9 Å². The minimum Gasteiger partial charge on any atom is -0.343 e. The highest BCUT2D eigenvalue weighted by atomic mass is 15.4. The van der Waals surface area contributed by atoms with Gasteiger partial charge in [0.15, 0.2) is 6.17 Å². The molecule has 1 atom stereocenters. The number of nitriles is 2. The van der Waals surface area contributed by atoms with E-state index in [2.05, 4.69) is 19.1 Å². The third-order valence-corrected chi connectivity index (χ3v) is 2.35. The molecule has 0 aromatic rings. The van der Waals surface area contributed by atoms with E-state index >= 15 is 0 Å². The van der Waals surface area contributed by atoms with E-state index in [-0.39, 0.29) is 6.17 Å². The highest BCUT2D eigenvalue weighted by Gasteiger charge is 2.28. The Balaban J connectivity index is 2.71. The first kappa shape index (κ1) is 10.4. The second-order valence-electron chi connectivity index (χ2n) is 3.33. The predicted octanol–water partition coefficient (Wildman–Crippen LogP) is 1.25. The van der Waals surface area contributed by atoms with E-state index in [1.54, 1.807) is 18.1 Å². The van der Waals surface area contributed by atoms with Crippen LogP contribution in [-0.4, -0.2) is 29.6 Å². The van der Waals surface area contributed by atoms with Crippen molar-refractivity contribution < 1.29 is 0 Å². The Morgan fingerprint density at radius 3 is 2.71 bits per heavy atom. The minimum absolute atomic E-state index is 0.309. The smallest absolute Gasteiger partial charge is 0.192 e. The normalized spacial score (nSPS) is 20.3. The Labute approximate surface area is 84.6 Å². The van der Waals surface area contributed by atoms with Crippen molar-refractivity contribution in [2.75, 3.05) is 13.6 Å². The third kappa shape index (κ3) is 1.80. The van der Waals surface area contributed by atoms with Crippen LogP contribution in [0.3, 0.4) is 0 Å². The molecule has 0 saturated heterocycles. The summed E-state index contributed by atoms with van der Waals surface area (Å²) in [5.74, 6) is 0. The molecule has 0 amide bonds. The van der Waals surface area contributed by atoms with Gasteiger partial charge in [0.05, 0.1) is 0 Å². The fourth-order valence-electron chi connectivity index (χ4n) is 1.47. The summed E-state index contributed by atoms with van der Waals surface area (Å²) >= 11 is 0. The molecule has 1 unspecified atom stereocenters. The fraction of sp³-hybridized carbons (Fsp3) is 0.600. The fourth-order valence-corrected chi connectivity index (χ4v) is 1.47. The summed E-state index contributed by atoms with van der Waals surface area (Å²) in [6.07, 6.45) is 3.59. The SMILES string of the molecule is CCCCN1C=C(C#N)N(C)C1C#N. The number of allylic oxidation sites excluding steroid dienone is 1. The van der Waals surface area contributed by atoms with E-state index in [9.17, 15) is 0 Å². The molecule has 0 aromatic heterocycles. The van der Waals surface area contributed by atoms with Crippen LogP contribution in [0.25, 0.3) is 0 Å². The van der Waals surface area contributed by atoms with Gasteiger partial charge in [-0.05, 0) is 6.42 Å². The molecule has 4 heteroatoms. The number of nitrogens with zero attached hydrogens (tertiary/aromatic N) is 4. The summed E-state index contributed by atoms with van der Waals surface area (Å²) in [7, 11) is 1.77. The van der Waals surface area contributed by atoms with E-state index in [4.69, 9.17) is 10.5 Å². The van der Waals surface area contributed by atoms with E-state index in [0.29, 0.717) is 5.70 Å². The number of hydrogen-bond donors (Lipinski definition) is 0. The van der Waals surface area contributed by atoms with Crippen molar-refractivity contribution in [3.63, 3.8) is 0 Å². The van der Waals surface area contributed by atoms with E-state index in [1.807, 2.05) is 4.90 Å². The van der Waals surface area contributed by atoms with Gasteiger partial charge >= 0.3 is 0 Å². The molecule has 1 rings (SSSR count). The maximum Gasteiger partial charge on any atom is 0.192 e. The van der Waals surface area contributed by atoms with E-state index < -0.39 is 0 Å². The van der Waals surface area contributed by atoms with Gasteiger partial charge in [0, 0.05) is 19.8 Å². The van der Waals surface area contributed by atoms with E-state index in [0.717, 1.165) is 19.4 Å². The van der Waals surface area contributed by atoms with Crippen molar-refractivity contribution in [3.05, 3.63) is 11.9 Å². The average molecular weight is 190 g/mol. The zero-order valence-corrected chi connectivity index (χ0v) is 8.56. The Hall–Kier alpha value is -1.68. The van der Waals surface area contributed by atoms with Crippen LogP contribution in [0.1, 0.15) is 19.8 Å². The maximum absolute atomic E-state index is 8.94. The van der Waals surface area contributed by atoms with Crippen LogP contribution in [0.15, 0.2) is 11.9 Å². The van der Waals surface area contributed by atoms with Gasteiger partial charge in [0.1, 0.15) is 17.8 Å². The standard InChI is InChI=1S/C10H14N4/c1-3-4-5-14-8-9(6-11)13(2)10(14)7-12/h8,10H,3-5H2,1-2H3. The highest BCUT2D eigenvalue weighted by Crippen LogP contribution is 2.19. The zero-order valence-electron chi connectivity index (χ0n) is 8.56. The second kappa shape index (κ2) is 4.53. The summed E-state index contributed by atoms with van der Waals surface area (Å²) in [6.45, 7) is 2.94. The molecular weight excluding hydrogens is 176 g/mol. The first-order valence-corrected chi connectivity index (χ1v) is 4.74. The first-order valence-electron chi connectivity index (χ1n) is 4.74. The number of hydrogen-bond acceptors (Lipinski definition) is 4. The van der Waals surface area contributed by atoms with Crippen LogP contribution in [0.5, 0.6) is 0 Å². The third-order valence-electron chi connectivity index (χ3n) is 2.35. The molecule has 0 saturated carbocycles. The van der Waals surface area contributed by atoms with Crippen molar-refractivity contribution in [3.8, 4) is 12.1 Å². The quantitative estimate of drug-likeness (QED) is 0.672. The Morgan fingerprint density at radius 2 is 2.21 bits per heavy atom. The van der Waals surface area contributed by atoms with Gasteiger partial charge in [0.25, 0.3) is 0 Å². The van der Waals surface area contributed by atoms with Crippen molar-refractivity contribution >= 4 is 0 Å².